The molecule has 2 rings (SSSR count). The summed E-state index contributed by atoms with van der Waals surface area (Å²) in [6.45, 7) is 0.525. The van der Waals surface area contributed by atoms with Gasteiger partial charge < -0.3 is 19.7 Å². The van der Waals surface area contributed by atoms with E-state index < -0.39 is 0 Å². The fourth-order valence-electron chi connectivity index (χ4n) is 2.46. The highest BCUT2D eigenvalue weighted by Gasteiger charge is 2.25. The van der Waals surface area contributed by atoms with Gasteiger partial charge in [0.2, 0.25) is 5.91 Å². The van der Waals surface area contributed by atoms with Crippen molar-refractivity contribution in [2.24, 2.45) is 0 Å². The first-order valence-corrected chi connectivity index (χ1v) is 6.82. The normalized spacial score (nSPS) is 18.3. The Balaban J connectivity index is 2.12. The number of nitrogens with zero attached hydrogens (tertiary/aromatic N) is 1. The number of methoxy groups -OCH3 is 2. The van der Waals surface area contributed by atoms with Crippen LogP contribution < -0.4 is 14.8 Å². The lowest BCUT2D eigenvalue weighted by Gasteiger charge is -2.30. The third-order valence-corrected chi connectivity index (χ3v) is 3.61. The topological polar surface area (TPSA) is 67.9 Å². The lowest BCUT2D eigenvalue weighted by atomic mass is 10.0. The maximum atomic E-state index is 12.4. The third-order valence-electron chi connectivity index (χ3n) is 3.61. The summed E-state index contributed by atoms with van der Waals surface area (Å²) in [4.78, 5) is 25.5. The van der Waals surface area contributed by atoms with Crippen molar-refractivity contribution in [2.45, 2.75) is 18.9 Å². The number of carbonyl (C=O) groups excluding carboxylic acids is 2. The SMILES string of the molecule is COc1cccc(C(=O)NC2CCC(=O)N(C)C2)c1OC. The molecule has 21 heavy (non-hydrogen) atoms. The number of para-hydroxylation sites is 1. The number of carbonyl (C=O) groups is 2. The molecule has 6 nitrogen and oxygen atoms in total. The van der Waals surface area contributed by atoms with Gasteiger partial charge in [0, 0.05) is 26.1 Å². The van der Waals surface area contributed by atoms with Gasteiger partial charge in [-0.2, -0.15) is 0 Å². The molecule has 6 heteroatoms. The minimum absolute atomic E-state index is 0.0453. The number of likely N-dealkylation sites (N-methyl/N-ethyl adjacent to an activating group) is 1. The number of hydrogen-bond donors (Lipinski definition) is 1. The van der Waals surface area contributed by atoms with E-state index in [1.54, 1.807) is 30.1 Å². The molecule has 1 fully saturated rings. The molecule has 0 aromatic heterocycles. The average Bonchev–Trinajstić information content (AvgIpc) is 2.49. The Hall–Kier alpha value is -2.24. The summed E-state index contributed by atoms with van der Waals surface area (Å²) in [6, 6.07) is 5.13. The second kappa shape index (κ2) is 6.47. The number of amides is 2. The zero-order valence-corrected chi connectivity index (χ0v) is 12.5. The van der Waals surface area contributed by atoms with Crippen LogP contribution in [0, 0.1) is 0 Å². The first-order chi connectivity index (χ1) is 10.1. The lowest BCUT2D eigenvalue weighted by Crippen LogP contribution is -2.48. The Labute approximate surface area is 124 Å². The van der Waals surface area contributed by atoms with Crippen LogP contribution in [0.5, 0.6) is 11.5 Å². The van der Waals surface area contributed by atoms with Crippen LogP contribution >= 0.6 is 0 Å². The van der Waals surface area contributed by atoms with E-state index >= 15 is 0 Å². The maximum Gasteiger partial charge on any atom is 0.255 e. The molecule has 0 radical (unpaired) electrons. The van der Waals surface area contributed by atoms with Crippen molar-refractivity contribution in [3.05, 3.63) is 23.8 Å². The van der Waals surface area contributed by atoms with Crippen molar-refractivity contribution in [3.8, 4) is 11.5 Å². The number of nitrogens with one attached hydrogen (secondary N) is 1. The Morgan fingerprint density at radius 2 is 2.10 bits per heavy atom. The standard InChI is InChI=1S/C15H20N2O4/c1-17-9-10(7-8-13(17)18)16-15(19)11-5-4-6-12(20-2)14(11)21-3/h4-6,10H,7-9H2,1-3H3,(H,16,19). The van der Waals surface area contributed by atoms with Gasteiger partial charge in [-0.3, -0.25) is 9.59 Å². The van der Waals surface area contributed by atoms with E-state index in [0.717, 1.165) is 0 Å². The molecule has 2 amide bonds. The van der Waals surface area contributed by atoms with Crippen LogP contribution in [0.1, 0.15) is 23.2 Å². The Bertz CT molecular complexity index is 544. The van der Waals surface area contributed by atoms with Gasteiger partial charge in [-0.05, 0) is 18.6 Å². The predicted molar refractivity (Wildman–Crippen MR) is 77.7 cm³/mol. The van der Waals surface area contributed by atoms with Crippen molar-refractivity contribution >= 4 is 11.8 Å². The molecule has 0 spiro atoms. The van der Waals surface area contributed by atoms with Crippen LogP contribution in [0.25, 0.3) is 0 Å². The largest absolute Gasteiger partial charge is 0.493 e. The predicted octanol–water partition coefficient (Wildman–Crippen LogP) is 1.05. The Morgan fingerprint density at radius 1 is 1.33 bits per heavy atom. The van der Waals surface area contributed by atoms with E-state index in [1.807, 2.05) is 0 Å². The van der Waals surface area contributed by atoms with Crippen LogP contribution in [-0.2, 0) is 4.79 Å². The zero-order valence-electron chi connectivity index (χ0n) is 12.5. The molecule has 0 aliphatic carbocycles. The number of benzene rings is 1. The molecule has 0 bridgehead atoms. The fourth-order valence-corrected chi connectivity index (χ4v) is 2.46. The van der Waals surface area contributed by atoms with E-state index in [4.69, 9.17) is 9.47 Å². The van der Waals surface area contributed by atoms with Crippen molar-refractivity contribution in [1.29, 1.82) is 0 Å². The Kier molecular flexibility index (Phi) is 4.67. The summed E-state index contributed by atoms with van der Waals surface area (Å²) < 4.78 is 10.5. The fraction of sp³-hybridized carbons (Fsp3) is 0.467. The summed E-state index contributed by atoms with van der Waals surface area (Å²) in [5.41, 5.74) is 0.427. The molecule has 1 unspecified atom stereocenters. The first-order valence-electron chi connectivity index (χ1n) is 6.82. The van der Waals surface area contributed by atoms with Crippen molar-refractivity contribution in [3.63, 3.8) is 0 Å². The van der Waals surface area contributed by atoms with Crippen molar-refractivity contribution < 1.29 is 19.1 Å². The first kappa shape index (κ1) is 15.2. The van der Waals surface area contributed by atoms with Gasteiger partial charge in [0.15, 0.2) is 11.5 Å². The third kappa shape index (κ3) is 3.26. The summed E-state index contributed by atoms with van der Waals surface area (Å²) in [5.74, 6) is 0.816. The molecular formula is C15H20N2O4. The molecule has 1 aromatic carbocycles. The summed E-state index contributed by atoms with van der Waals surface area (Å²) >= 11 is 0. The van der Waals surface area contributed by atoms with Crippen LogP contribution in [0.2, 0.25) is 0 Å². The number of likely N-dealkylation sites (tertiary alicyclic amines) is 1. The number of piperidine rings is 1. The summed E-state index contributed by atoms with van der Waals surface area (Å²) in [5, 5.41) is 2.94. The molecule has 1 saturated heterocycles. The Morgan fingerprint density at radius 3 is 2.71 bits per heavy atom. The van der Waals surface area contributed by atoms with E-state index in [2.05, 4.69) is 5.32 Å². The maximum absolute atomic E-state index is 12.4. The monoisotopic (exact) mass is 292 g/mol. The number of hydrogen-bond acceptors (Lipinski definition) is 4. The zero-order chi connectivity index (χ0) is 15.4. The van der Waals surface area contributed by atoms with Crippen LogP contribution in [-0.4, -0.2) is 50.6 Å². The molecule has 1 aliphatic heterocycles. The minimum Gasteiger partial charge on any atom is -0.493 e. The molecule has 1 atom stereocenters. The molecular weight excluding hydrogens is 272 g/mol. The smallest absolute Gasteiger partial charge is 0.255 e. The van der Waals surface area contributed by atoms with Crippen LogP contribution in [0.3, 0.4) is 0 Å². The van der Waals surface area contributed by atoms with Crippen LogP contribution in [0.4, 0.5) is 0 Å². The average molecular weight is 292 g/mol. The van der Waals surface area contributed by atoms with Gasteiger partial charge in [-0.25, -0.2) is 0 Å². The second-order valence-electron chi connectivity index (χ2n) is 5.02. The minimum atomic E-state index is -0.224. The van der Waals surface area contributed by atoms with Crippen molar-refractivity contribution in [1.82, 2.24) is 10.2 Å². The molecule has 114 valence electrons. The molecule has 1 N–H and O–H groups in total. The van der Waals surface area contributed by atoms with Gasteiger partial charge in [0.1, 0.15) is 0 Å². The van der Waals surface area contributed by atoms with E-state index in [9.17, 15) is 9.59 Å². The van der Waals surface area contributed by atoms with Gasteiger partial charge >= 0.3 is 0 Å². The number of rotatable bonds is 4. The van der Waals surface area contributed by atoms with E-state index in [1.165, 1.54) is 14.2 Å². The number of ether oxygens (including phenoxy) is 2. The van der Waals surface area contributed by atoms with Crippen molar-refractivity contribution in [2.75, 3.05) is 27.8 Å². The van der Waals surface area contributed by atoms with Gasteiger partial charge in [0.25, 0.3) is 5.91 Å². The molecule has 1 aliphatic rings. The van der Waals surface area contributed by atoms with Gasteiger partial charge in [-0.1, -0.05) is 6.07 Å². The lowest BCUT2D eigenvalue weighted by molar-refractivity contribution is -0.132. The summed E-state index contributed by atoms with van der Waals surface area (Å²) in [6.07, 6.45) is 1.11. The molecule has 1 heterocycles. The van der Waals surface area contributed by atoms with E-state index in [0.29, 0.717) is 36.4 Å². The highest BCUT2D eigenvalue weighted by Crippen LogP contribution is 2.30. The quantitative estimate of drug-likeness (QED) is 0.901. The van der Waals surface area contributed by atoms with Gasteiger partial charge in [0.05, 0.1) is 19.8 Å². The van der Waals surface area contributed by atoms with Gasteiger partial charge in [-0.15, -0.1) is 0 Å². The van der Waals surface area contributed by atoms with Crippen LogP contribution in [0.15, 0.2) is 18.2 Å². The molecule has 1 aromatic rings. The second-order valence-corrected chi connectivity index (χ2v) is 5.02. The highest BCUT2D eigenvalue weighted by atomic mass is 16.5. The molecule has 0 saturated carbocycles. The summed E-state index contributed by atoms with van der Waals surface area (Å²) in [7, 11) is 4.77. The highest BCUT2D eigenvalue weighted by molar-refractivity contribution is 5.98. The van der Waals surface area contributed by atoms with E-state index in [-0.39, 0.29) is 17.9 Å².